The number of ether oxygens (including phenoxy) is 1. The topological polar surface area (TPSA) is 58.6 Å². The number of carbonyl (C=O) groups is 1. The second kappa shape index (κ2) is 6.58. The van der Waals surface area contributed by atoms with E-state index in [9.17, 15) is 4.79 Å². The van der Waals surface area contributed by atoms with Gasteiger partial charge in [-0.05, 0) is 44.3 Å². The highest BCUT2D eigenvalue weighted by Gasteiger charge is 2.12. The lowest BCUT2D eigenvalue weighted by Gasteiger charge is -2.22. The van der Waals surface area contributed by atoms with Gasteiger partial charge in [-0.25, -0.2) is 4.79 Å². The van der Waals surface area contributed by atoms with E-state index < -0.39 is 5.97 Å². The highest BCUT2D eigenvalue weighted by molar-refractivity contribution is 5.80. The molecule has 1 heterocycles. The van der Waals surface area contributed by atoms with Crippen LogP contribution >= 0.6 is 0 Å². The fourth-order valence-corrected chi connectivity index (χ4v) is 1.69. The van der Waals surface area contributed by atoms with Crippen LogP contribution in [0.4, 0.5) is 0 Å². The number of piperidine rings is 1. The van der Waals surface area contributed by atoms with E-state index in [0.29, 0.717) is 12.5 Å². The molecule has 0 spiro atoms. The van der Waals surface area contributed by atoms with E-state index in [2.05, 4.69) is 5.32 Å². The lowest BCUT2D eigenvalue weighted by Crippen LogP contribution is -2.30. The summed E-state index contributed by atoms with van der Waals surface area (Å²) < 4.78 is 5.48. The monoisotopic (exact) mass is 213 g/mol. The third kappa shape index (κ3) is 5.54. The van der Waals surface area contributed by atoms with Crippen molar-refractivity contribution in [2.45, 2.75) is 19.8 Å². The molecular weight excluding hydrogens is 194 g/mol. The quantitative estimate of drug-likeness (QED) is 0.670. The average molecular weight is 213 g/mol. The summed E-state index contributed by atoms with van der Waals surface area (Å²) in [6.45, 7) is 5.08. The van der Waals surface area contributed by atoms with Crippen molar-refractivity contribution in [2.24, 2.45) is 5.92 Å². The largest absolute Gasteiger partial charge is 0.478 e. The van der Waals surface area contributed by atoms with E-state index in [4.69, 9.17) is 9.84 Å². The number of hydrogen-bond acceptors (Lipinski definition) is 3. The van der Waals surface area contributed by atoms with Gasteiger partial charge in [0.25, 0.3) is 0 Å². The molecule has 1 saturated heterocycles. The Morgan fingerprint density at radius 1 is 1.53 bits per heavy atom. The molecule has 0 aliphatic carbocycles. The third-order valence-electron chi connectivity index (χ3n) is 2.51. The molecule has 0 atom stereocenters. The highest BCUT2D eigenvalue weighted by Crippen LogP contribution is 2.11. The van der Waals surface area contributed by atoms with Gasteiger partial charge in [0, 0.05) is 12.7 Å². The molecule has 0 aromatic rings. The zero-order valence-electron chi connectivity index (χ0n) is 9.16. The molecule has 0 bridgehead atoms. The summed E-state index contributed by atoms with van der Waals surface area (Å²) in [4.78, 5) is 10.3. The van der Waals surface area contributed by atoms with E-state index >= 15 is 0 Å². The zero-order chi connectivity index (χ0) is 11.1. The second-order valence-corrected chi connectivity index (χ2v) is 4.04. The summed E-state index contributed by atoms with van der Waals surface area (Å²) in [7, 11) is 0. The van der Waals surface area contributed by atoms with Gasteiger partial charge in [-0.2, -0.15) is 0 Å². The van der Waals surface area contributed by atoms with Crippen molar-refractivity contribution in [3.8, 4) is 0 Å². The summed E-state index contributed by atoms with van der Waals surface area (Å²) in [5.74, 6) is -0.276. The summed E-state index contributed by atoms with van der Waals surface area (Å²) in [6, 6.07) is 0. The number of nitrogens with one attached hydrogen (secondary N) is 1. The SMILES string of the molecule is CC(=CC(=O)O)COCC1CCNCC1. The molecule has 1 aliphatic rings. The summed E-state index contributed by atoms with van der Waals surface area (Å²) in [5, 5.41) is 11.8. The predicted molar refractivity (Wildman–Crippen MR) is 57.8 cm³/mol. The lowest BCUT2D eigenvalue weighted by molar-refractivity contribution is -0.131. The van der Waals surface area contributed by atoms with Crippen molar-refractivity contribution in [1.29, 1.82) is 0 Å². The minimum atomic E-state index is -0.905. The normalized spacial score (nSPS) is 19.1. The Balaban J connectivity index is 2.12. The molecule has 0 radical (unpaired) electrons. The molecule has 0 saturated carbocycles. The smallest absolute Gasteiger partial charge is 0.328 e. The molecule has 1 fully saturated rings. The summed E-state index contributed by atoms with van der Waals surface area (Å²) >= 11 is 0. The maximum Gasteiger partial charge on any atom is 0.328 e. The highest BCUT2D eigenvalue weighted by atomic mass is 16.5. The maximum absolute atomic E-state index is 10.3. The van der Waals surface area contributed by atoms with Crippen molar-refractivity contribution in [1.82, 2.24) is 5.32 Å². The Bertz CT molecular complexity index is 232. The third-order valence-corrected chi connectivity index (χ3v) is 2.51. The van der Waals surface area contributed by atoms with Gasteiger partial charge >= 0.3 is 5.97 Å². The van der Waals surface area contributed by atoms with Crippen LogP contribution in [-0.2, 0) is 9.53 Å². The van der Waals surface area contributed by atoms with Crippen LogP contribution < -0.4 is 5.32 Å². The maximum atomic E-state index is 10.3. The van der Waals surface area contributed by atoms with Crippen molar-refractivity contribution < 1.29 is 14.6 Å². The lowest BCUT2D eigenvalue weighted by atomic mass is 9.99. The summed E-state index contributed by atoms with van der Waals surface area (Å²) in [5.41, 5.74) is 0.761. The Morgan fingerprint density at radius 3 is 2.80 bits per heavy atom. The standard InChI is InChI=1S/C11H19NO3/c1-9(6-11(13)14)7-15-8-10-2-4-12-5-3-10/h6,10,12H,2-5,7-8H2,1H3,(H,13,14). The van der Waals surface area contributed by atoms with Crippen LogP contribution in [0.2, 0.25) is 0 Å². The molecule has 15 heavy (non-hydrogen) atoms. The van der Waals surface area contributed by atoms with Crippen LogP contribution in [0.5, 0.6) is 0 Å². The number of rotatable bonds is 5. The fourth-order valence-electron chi connectivity index (χ4n) is 1.69. The van der Waals surface area contributed by atoms with Crippen LogP contribution in [0, 0.1) is 5.92 Å². The molecule has 0 amide bonds. The van der Waals surface area contributed by atoms with Gasteiger partial charge in [0.2, 0.25) is 0 Å². The number of hydrogen-bond donors (Lipinski definition) is 2. The van der Waals surface area contributed by atoms with Crippen LogP contribution in [0.25, 0.3) is 0 Å². The second-order valence-electron chi connectivity index (χ2n) is 4.04. The molecule has 0 aromatic carbocycles. The Hall–Kier alpha value is -0.870. The predicted octanol–water partition coefficient (Wildman–Crippen LogP) is 1.03. The van der Waals surface area contributed by atoms with Crippen LogP contribution in [0.1, 0.15) is 19.8 Å². The van der Waals surface area contributed by atoms with Crippen molar-refractivity contribution in [3.05, 3.63) is 11.6 Å². The van der Waals surface area contributed by atoms with Crippen LogP contribution in [0.15, 0.2) is 11.6 Å². The molecule has 0 aromatic heterocycles. The Labute approximate surface area is 90.3 Å². The first-order valence-electron chi connectivity index (χ1n) is 5.37. The van der Waals surface area contributed by atoms with Gasteiger partial charge in [0.05, 0.1) is 6.61 Å². The van der Waals surface area contributed by atoms with E-state index in [-0.39, 0.29) is 0 Å². The fraction of sp³-hybridized carbons (Fsp3) is 0.727. The molecular formula is C11H19NO3. The van der Waals surface area contributed by atoms with E-state index in [0.717, 1.165) is 38.1 Å². The van der Waals surface area contributed by atoms with Crippen molar-refractivity contribution >= 4 is 5.97 Å². The van der Waals surface area contributed by atoms with Gasteiger partial charge < -0.3 is 15.2 Å². The molecule has 4 heteroatoms. The van der Waals surface area contributed by atoms with Gasteiger partial charge in [-0.1, -0.05) is 0 Å². The van der Waals surface area contributed by atoms with E-state index in [1.54, 1.807) is 6.92 Å². The minimum absolute atomic E-state index is 0.427. The Kier molecular flexibility index (Phi) is 5.36. The molecule has 1 rings (SSSR count). The first kappa shape index (κ1) is 12.2. The molecule has 4 nitrogen and oxygen atoms in total. The van der Waals surface area contributed by atoms with E-state index in [1.807, 2.05) is 0 Å². The first-order valence-corrected chi connectivity index (χ1v) is 5.37. The molecule has 86 valence electrons. The van der Waals surface area contributed by atoms with E-state index in [1.165, 1.54) is 6.08 Å². The summed E-state index contributed by atoms with van der Waals surface area (Å²) in [6.07, 6.45) is 3.51. The molecule has 0 unspecified atom stereocenters. The minimum Gasteiger partial charge on any atom is -0.478 e. The number of aliphatic carboxylic acids is 1. The van der Waals surface area contributed by atoms with Crippen LogP contribution in [-0.4, -0.2) is 37.4 Å². The first-order chi connectivity index (χ1) is 7.18. The molecule has 1 aliphatic heterocycles. The van der Waals surface area contributed by atoms with Gasteiger partial charge in [-0.3, -0.25) is 0 Å². The van der Waals surface area contributed by atoms with Gasteiger partial charge in [0.15, 0.2) is 0 Å². The number of carboxylic acid groups (broad SMARTS) is 1. The van der Waals surface area contributed by atoms with Gasteiger partial charge in [0.1, 0.15) is 0 Å². The number of carboxylic acids is 1. The van der Waals surface area contributed by atoms with Crippen LogP contribution in [0.3, 0.4) is 0 Å². The zero-order valence-corrected chi connectivity index (χ0v) is 9.16. The van der Waals surface area contributed by atoms with Gasteiger partial charge in [-0.15, -0.1) is 0 Å². The Morgan fingerprint density at radius 2 is 2.20 bits per heavy atom. The van der Waals surface area contributed by atoms with Crippen molar-refractivity contribution in [2.75, 3.05) is 26.3 Å². The average Bonchev–Trinajstić information content (AvgIpc) is 2.18. The molecule has 2 N–H and O–H groups in total. The van der Waals surface area contributed by atoms with Crippen molar-refractivity contribution in [3.63, 3.8) is 0 Å².